The van der Waals surface area contributed by atoms with E-state index in [9.17, 15) is 9.59 Å². The predicted molar refractivity (Wildman–Crippen MR) is 80.6 cm³/mol. The molecule has 0 saturated heterocycles. The molecule has 0 aromatic carbocycles. The van der Waals surface area contributed by atoms with Crippen molar-refractivity contribution in [2.75, 3.05) is 18.4 Å². The molecule has 108 valence electrons. The average molecular weight is 283 g/mol. The summed E-state index contributed by atoms with van der Waals surface area (Å²) in [6.45, 7) is 1.45. The zero-order valence-electron chi connectivity index (χ0n) is 11.7. The molecular formula is C16H17N3O2. The van der Waals surface area contributed by atoms with Crippen LogP contribution in [0.3, 0.4) is 0 Å². The first kappa shape index (κ1) is 13.5. The molecule has 2 aliphatic rings. The number of carbonyl (C=O) groups excluding carboxylic acids is 2. The van der Waals surface area contributed by atoms with Crippen molar-refractivity contribution in [1.82, 2.24) is 9.88 Å². The lowest BCUT2D eigenvalue weighted by atomic mass is 10.0. The minimum atomic E-state index is 0.00613. The molecule has 0 atom stereocenters. The van der Waals surface area contributed by atoms with Crippen molar-refractivity contribution in [2.45, 2.75) is 19.3 Å². The van der Waals surface area contributed by atoms with Gasteiger partial charge in [-0.2, -0.15) is 0 Å². The summed E-state index contributed by atoms with van der Waals surface area (Å²) < 4.78 is 0. The fourth-order valence-corrected chi connectivity index (χ4v) is 2.48. The van der Waals surface area contributed by atoms with Crippen LogP contribution in [0.2, 0.25) is 0 Å². The number of hydrogen-bond donors (Lipinski definition) is 1. The van der Waals surface area contributed by atoms with E-state index in [1.165, 1.54) is 0 Å². The van der Waals surface area contributed by atoms with Crippen LogP contribution in [0.4, 0.5) is 5.82 Å². The highest BCUT2D eigenvalue weighted by Crippen LogP contribution is 2.21. The molecule has 2 aliphatic heterocycles. The summed E-state index contributed by atoms with van der Waals surface area (Å²) in [7, 11) is 0. The van der Waals surface area contributed by atoms with Crippen LogP contribution in [0, 0.1) is 0 Å². The second kappa shape index (κ2) is 5.91. The Morgan fingerprint density at radius 1 is 1.33 bits per heavy atom. The van der Waals surface area contributed by atoms with Gasteiger partial charge in [0.25, 0.3) is 0 Å². The third kappa shape index (κ3) is 3.18. The Morgan fingerprint density at radius 2 is 2.24 bits per heavy atom. The molecule has 5 nitrogen and oxygen atoms in total. The maximum atomic E-state index is 12.0. The third-order valence-electron chi connectivity index (χ3n) is 3.66. The lowest BCUT2D eigenvalue weighted by molar-refractivity contribution is -0.125. The van der Waals surface area contributed by atoms with Crippen LogP contribution in [0.5, 0.6) is 0 Å². The molecule has 0 unspecified atom stereocenters. The molecule has 1 aromatic rings. The number of amides is 2. The average Bonchev–Trinajstić information content (AvgIpc) is 2.53. The lowest BCUT2D eigenvalue weighted by Gasteiger charge is -2.21. The minimum Gasteiger partial charge on any atom is -0.335 e. The van der Waals surface area contributed by atoms with E-state index < -0.39 is 0 Å². The Hall–Kier alpha value is -2.43. The van der Waals surface area contributed by atoms with Gasteiger partial charge in [-0.1, -0.05) is 12.2 Å². The summed E-state index contributed by atoms with van der Waals surface area (Å²) in [4.78, 5) is 29.4. The number of nitrogens with one attached hydrogen (secondary N) is 1. The zero-order chi connectivity index (χ0) is 14.7. The number of rotatable bonds is 2. The molecule has 1 aromatic heterocycles. The maximum absolute atomic E-state index is 12.0. The molecule has 2 amide bonds. The number of pyridine rings is 1. The number of anilines is 1. The van der Waals surface area contributed by atoms with Crippen LogP contribution in [0.15, 0.2) is 30.5 Å². The summed E-state index contributed by atoms with van der Waals surface area (Å²) in [5, 5.41) is 2.75. The second-order valence-corrected chi connectivity index (χ2v) is 5.20. The molecule has 0 saturated carbocycles. The zero-order valence-corrected chi connectivity index (χ0v) is 11.7. The molecule has 3 rings (SSSR count). The fraction of sp³-hybridized carbons (Fsp3) is 0.312. The largest absolute Gasteiger partial charge is 0.335 e. The van der Waals surface area contributed by atoms with E-state index in [4.69, 9.17) is 0 Å². The number of aromatic nitrogens is 1. The number of carbonyl (C=O) groups is 2. The number of hydrogen-bond acceptors (Lipinski definition) is 3. The number of aryl methyl sites for hydroxylation is 1. The molecular weight excluding hydrogens is 266 g/mol. The van der Waals surface area contributed by atoms with Gasteiger partial charge >= 0.3 is 0 Å². The third-order valence-corrected chi connectivity index (χ3v) is 3.66. The van der Waals surface area contributed by atoms with Gasteiger partial charge < -0.3 is 10.2 Å². The van der Waals surface area contributed by atoms with Crippen LogP contribution in [0.1, 0.15) is 24.0 Å². The van der Waals surface area contributed by atoms with Crippen molar-refractivity contribution in [3.63, 3.8) is 0 Å². The van der Waals surface area contributed by atoms with E-state index in [0.717, 1.165) is 24.1 Å². The van der Waals surface area contributed by atoms with E-state index in [2.05, 4.69) is 16.4 Å². The normalized spacial score (nSPS) is 17.7. The van der Waals surface area contributed by atoms with Crippen LogP contribution in [-0.2, 0) is 16.0 Å². The molecule has 3 heterocycles. The smallest absolute Gasteiger partial charge is 0.246 e. The molecule has 0 bridgehead atoms. The number of nitrogens with zero attached hydrogens (tertiary/aromatic N) is 2. The Labute approximate surface area is 123 Å². The maximum Gasteiger partial charge on any atom is 0.246 e. The highest BCUT2D eigenvalue weighted by atomic mass is 16.2. The summed E-state index contributed by atoms with van der Waals surface area (Å²) in [5.41, 5.74) is 1.90. The highest BCUT2D eigenvalue weighted by Gasteiger charge is 2.16. The standard InChI is InChI=1S/C16H17N3O2/c20-14-6-5-13-10-12(11-17-16(13)18-14)4-7-15(21)19-8-2-1-3-9-19/h1-2,4,7,10-11H,3,5-6,8-9H2,(H,17,18,20)/b7-4+. The van der Waals surface area contributed by atoms with Gasteiger partial charge in [-0.05, 0) is 36.1 Å². The second-order valence-electron chi connectivity index (χ2n) is 5.20. The summed E-state index contributed by atoms with van der Waals surface area (Å²) >= 11 is 0. The molecule has 0 radical (unpaired) electrons. The van der Waals surface area contributed by atoms with Gasteiger partial charge in [0.1, 0.15) is 5.82 Å². The van der Waals surface area contributed by atoms with E-state index in [1.54, 1.807) is 18.3 Å². The van der Waals surface area contributed by atoms with Crippen molar-refractivity contribution in [3.05, 3.63) is 41.6 Å². The fourth-order valence-electron chi connectivity index (χ4n) is 2.48. The molecule has 0 spiro atoms. The Kier molecular flexibility index (Phi) is 3.81. The van der Waals surface area contributed by atoms with Crippen molar-refractivity contribution in [2.24, 2.45) is 0 Å². The van der Waals surface area contributed by atoms with E-state index in [-0.39, 0.29) is 11.8 Å². The topological polar surface area (TPSA) is 62.3 Å². The Bertz CT molecular complexity index is 634. The van der Waals surface area contributed by atoms with Gasteiger partial charge in [-0.15, -0.1) is 0 Å². The van der Waals surface area contributed by atoms with Gasteiger partial charge in [0, 0.05) is 31.8 Å². The van der Waals surface area contributed by atoms with Crippen molar-refractivity contribution in [1.29, 1.82) is 0 Å². The van der Waals surface area contributed by atoms with Gasteiger partial charge in [0.2, 0.25) is 11.8 Å². The lowest BCUT2D eigenvalue weighted by Crippen LogP contribution is -2.32. The number of fused-ring (bicyclic) bond motifs is 1. The predicted octanol–water partition coefficient (Wildman–Crippen LogP) is 1.77. The van der Waals surface area contributed by atoms with Gasteiger partial charge in [-0.3, -0.25) is 9.59 Å². The van der Waals surface area contributed by atoms with Crippen molar-refractivity contribution in [3.8, 4) is 0 Å². The molecule has 0 aliphatic carbocycles. The Morgan fingerprint density at radius 3 is 3.05 bits per heavy atom. The van der Waals surface area contributed by atoms with Crippen LogP contribution in [0.25, 0.3) is 6.08 Å². The minimum absolute atomic E-state index is 0.00613. The van der Waals surface area contributed by atoms with Gasteiger partial charge in [0.15, 0.2) is 0 Å². The van der Waals surface area contributed by atoms with Crippen molar-refractivity contribution < 1.29 is 9.59 Å². The first-order valence-electron chi connectivity index (χ1n) is 7.13. The molecule has 1 N–H and O–H groups in total. The summed E-state index contributed by atoms with van der Waals surface area (Å²) in [6, 6.07) is 1.97. The van der Waals surface area contributed by atoms with E-state index >= 15 is 0 Å². The quantitative estimate of drug-likeness (QED) is 0.664. The Balaban J connectivity index is 1.70. The highest BCUT2D eigenvalue weighted by molar-refractivity contribution is 5.93. The first-order chi connectivity index (χ1) is 10.2. The molecule has 21 heavy (non-hydrogen) atoms. The molecule has 5 heteroatoms. The van der Waals surface area contributed by atoms with Crippen LogP contribution in [-0.4, -0.2) is 34.8 Å². The SMILES string of the molecule is O=C1CCc2cc(/C=C/C(=O)N3CC=CCC3)cnc2N1. The van der Waals surface area contributed by atoms with Crippen LogP contribution >= 0.6 is 0 Å². The van der Waals surface area contributed by atoms with Gasteiger partial charge in [-0.25, -0.2) is 4.98 Å². The van der Waals surface area contributed by atoms with Crippen LogP contribution < -0.4 is 5.32 Å². The van der Waals surface area contributed by atoms with E-state index in [1.807, 2.05) is 17.0 Å². The summed E-state index contributed by atoms with van der Waals surface area (Å²) in [5.74, 6) is 0.660. The van der Waals surface area contributed by atoms with E-state index in [0.29, 0.717) is 25.2 Å². The first-order valence-corrected chi connectivity index (χ1v) is 7.13. The van der Waals surface area contributed by atoms with Crippen molar-refractivity contribution >= 4 is 23.7 Å². The van der Waals surface area contributed by atoms with Gasteiger partial charge in [0.05, 0.1) is 0 Å². The monoisotopic (exact) mass is 283 g/mol. The molecule has 0 fully saturated rings. The summed E-state index contributed by atoms with van der Waals surface area (Å²) in [6.07, 6.45) is 11.2.